The van der Waals surface area contributed by atoms with Crippen LogP contribution in [0.2, 0.25) is 5.02 Å². The third-order valence-electron chi connectivity index (χ3n) is 4.27. The molecule has 2 rings (SSSR count). The number of nitrogens with zero attached hydrogens (tertiary/aromatic N) is 1. The quantitative estimate of drug-likeness (QED) is 0.619. The highest BCUT2D eigenvalue weighted by molar-refractivity contribution is 6.32. The number of hydrogen-bond acceptors (Lipinski definition) is 4. The Morgan fingerprint density at radius 1 is 1.32 bits per heavy atom. The summed E-state index contributed by atoms with van der Waals surface area (Å²) in [4.78, 5) is 21.1. The molecule has 1 aromatic rings. The summed E-state index contributed by atoms with van der Waals surface area (Å²) >= 11 is 5.78. The van der Waals surface area contributed by atoms with Crippen molar-refractivity contribution in [3.05, 3.63) is 38.9 Å². The Morgan fingerprint density at radius 2 is 2.00 bits per heavy atom. The number of carboxylic acids is 1. The number of rotatable bonds is 6. The van der Waals surface area contributed by atoms with Gasteiger partial charge in [-0.1, -0.05) is 17.7 Å². The van der Waals surface area contributed by atoms with Gasteiger partial charge in [-0.25, -0.2) is 0 Å². The molecule has 0 unspecified atom stereocenters. The fraction of sp³-hybridized carbons (Fsp3) is 0.533. The van der Waals surface area contributed by atoms with Gasteiger partial charge in [-0.05, 0) is 37.7 Å². The summed E-state index contributed by atoms with van der Waals surface area (Å²) in [6.07, 6.45) is 3.17. The van der Waals surface area contributed by atoms with Crippen LogP contribution in [0.15, 0.2) is 18.2 Å². The molecule has 0 amide bonds. The lowest BCUT2D eigenvalue weighted by molar-refractivity contribution is -0.676. The zero-order valence-corrected chi connectivity index (χ0v) is 12.9. The molecular weight excluding hydrogens is 308 g/mol. The summed E-state index contributed by atoms with van der Waals surface area (Å²) in [5, 5.41) is 23.9. The van der Waals surface area contributed by atoms with Crippen LogP contribution in [0.25, 0.3) is 0 Å². The number of nitro groups is 1. The molecule has 0 atom stereocenters. The van der Waals surface area contributed by atoms with Gasteiger partial charge in [0.2, 0.25) is 0 Å². The van der Waals surface area contributed by atoms with E-state index in [1.807, 2.05) is 0 Å². The minimum atomic E-state index is -0.934. The summed E-state index contributed by atoms with van der Waals surface area (Å²) < 4.78 is 0. The van der Waals surface area contributed by atoms with Crippen LogP contribution in [-0.4, -0.2) is 17.4 Å². The van der Waals surface area contributed by atoms with Crippen molar-refractivity contribution in [2.45, 2.75) is 32.2 Å². The number of aliphatic carboxylic acids is 1. The minimum Gasteiger partial charge on any atom is -0.550 e. The highest BCUT2D eigenvalue weighted by Crippen LogP contribution is 2.27. The van der Waals surface area contributed by atoms with Crippen molar-refractivity contribution in [3.63, 3.8) is 0 Å². The van der Waals surface area contributed by atoms with E-state index in [0.717, 1.165) is 24.9 Å². The van der Waals surface area contributed by atoms with Gasteiger partial charge < -0.3 is 15.2 Å². The molecule has 0 spiro atoms. The average molecular weight is 327 g/mol. The zero-order chi connectivity index (χ0) is 16.1. The van der Waals surface area contributed by atoms with Gasteiger partial charge in [0.05, 0.1) is 11.5 Å². The third kappa shape index (κ3) is 4.42. The van der Waals surface area contributed by atoms with Crippen LogP contribution < -0.4 is 10.4 Å². The number of nitro benzene ring substituents is 1. The number of carbonyl (C=O) groups is 1. The first-order valence-electron chi connectivity index (χ1n) is 7.42. The van der Waals surface area contributed by atoms with Crippen molar-refractivity contribution in [1.82, 2.24) is 0 Å². The van der Waals surface area contributed by atoms with E-state index in [0.29, 0.717) is 25.3 Å². The molecule has 22 heavy (non-hydrogen) atoms. The van der Waals surface area contributed by atoms with Crippen molar-refractivity contribution >= 4 is 23.3 Å². The van der Waals surface area contributed by atoms with Crippen LogP contribution in [0.5, 0.6) is 0 Å². The predicted molar refractivity (Wildman–Crippen MR) is 79.1 cm³/mol. The van der Waals surface area contributed by atoms with E-state index >= 15 is 0 Å². The molecule has 0 bridgehead atoms. The first-order valence-corrected chi connectivity index (χ1v) is 7.80. The molecule has 1 fully saturated rings. The number of nitrogens with two attached hydrogens (primary N) is 1. The summed E-state index contributed by atoms with van der Waals surface area (Å²) in [6, 6.07) is 4.85. The fourth-order valence-corrected chi connectivity index (χ4v) is 3.13. The van der Waals surface area contributed by atoms with Gasteiger partial charge in [-0.3, -0.25) is 10.1 Å². The number of carboxylic acid groups (broad SMARTS) is 1. The maximum absolute atomic E-state index is 10.8. The topological polar surface area (TPSA) is 99.9 Å². The van der Waals surface area contributed by atoms with Crippen molar-refractivity contribution in [3.8, 4) is 0 Å². The monoisotopic (exact) mass is 326 g/mol. The Bertz CT molecular complexity index is 556. The lowest BCUT2D eigenvalue weighted by atomic mass is 9.82. The molecule has 0 heterocycles. The van der Waals surface area contributed by atoms with Crippen molar-refractivity contribution in [2.24, 2.45) is 11.8 Å². The Labute approximate surface area is 133 Å². The second-order valence-electron chi connectivity index (χ2n) is 5.81. The summed E-state index contributed by atoms with van der Waals surface area (Å²) in [5.41, 5.74) is 0.793. The number of benzene rings is 1. The lowest BCUT2D eigenvalue weighted by Gasteiger charge is -2.27. The van der Waals surface area contributed by atoms with E-state index in [2.05, 4.69) is 5.32 Å². The Hall–Kier alpha value is -1.66. The molecule has 120 valence electrons. The van der Waals surface area contributed by atoms with Crippen LogP contribution >= 0.6 is 11.6 Å². The number of halogens is 1. The molecule has 0 aromatic heterocycles. The molecule has 0 radical (unpaired) electrons. The Balaban J connectivity index is 1.79. The number of hydrogen-bond donors (Lipinski definition) is 1. The summed E-state index contributed by atoms with van der Waals surface area (Å²) in [6.45, 7) is 1.55. The van der Waals surface area contributed by atoms with E-state index < -0.39 is 10.9 Å². The normalized spacial score (nSPS) is 21.5. The smallest absolute Gasteiger partial charge is 0.288 e. The molecule has 7 heteroatoms. The van der Waals surface area contributed by atoms with E-state index in [4.69, 9.17) is 11.6 Å². The first-order chi connectivity index (χ1) is 10.5. The molecular formula is C15H19ClN2O4. The van der Waals surface area contributed by atoms with Crippen LogP contribution in [0.1, 0.15) is 31.2 Å². The van der Waals surface area contributed by atoms with Crippen LogP contribution in [0, 0.1) is 22.0 Å². The summed E-state index contributed by atoms with van der Waals surface area (Å²) in [7, 11) is 0. The van der Waals surface area contributed by atoms with Crippen molar-refractivity contribution in [2.75, 3.05) is 6.54 Å². The molecule has 1 aromatic carbocycles. The van der Waals surface area contributed by atoms with E-state index in [1.54, 1.807) is 12.1 Å². The van der Waals surface area contributed by atoms with E-state index in [1.165, 1.54) is 6.07 Å². The molecule has 1 aliphatic rings. The first kappa shape index (κ1) is 16.7. The predicted octanol–water partition coefficient (Wildman–Crippen LogP) is 0.868. The van der Waals surface area contributed by atoms with Crippen LogP contribution in [-0.2, 0) is 11.3 Å². The van der Waals surface area contributed by atoms with Gasteiger partial charge in [0, 0.05) is 23.5 Å². The average Bonchev–Trinajstić information content (AvgIpc) is 2.49. The highest BCUT2D eigenvalue weighted by Gasteiger charge is 2.23. The maximum atomic E-state index is 10.8. The molecule has 6 nitrogen and oxygen atoms in total. The molecule has 0 saturated heterocycles. The SMILES string of the molecule is O=C([O-])C1CCC(C[NH2+]Cc2ccc(Cl)c([N+](=O)[O-])c2)CC1. The van der Waals surface area contributed by atoms with E-state index in [9.17, 15) is 20.0 Å². The van der Waals surface area contributed by atoms with Gasteiger partial charge in [0.15, 0.2) is 0 Å². The molecule has 0 aliphatic heterocycles. The van der Waals surface area contributed by atoms with Crippen LogP contribution in [0.3, 0.4) is 0 Å². The largest absolute Gasteiger partial charge is 0.550 e. The van der Waals surface area contributed by atoms with E-state index in [-0.39, 0.29) is 16.6 Å². The maximum Gasteiger partial charge on any atom is 0.288 e. The van der Waals surface area contributed by atoms with Gasteiger partial charge in [0.25, 0.3) is 5.69 Å². The second kappa shape index (κ2) is 7.56. The lowest BCUT2D eigenvalue weighted by Crippen LogP contribution is -2.84. The Kier molecular flexibility index (Phi) is 5.74. The van der Waals surface area contributed by atoms with Gasteiger partial charge in [0.1, 0.15) is 11.6 Å². The van der Waals surface area contributed by atoms with Crippen LogP contribution in [0.4, 0.5) is 5.69 Å². The molecule has 2 N–H and O–H groups in total. The molecule has 1 aliphatic carbocycles. The summed E-state index contributed by atoms with van der Waals surface area (Å²) in [5.74, 6) is -0.732. The molecule has 1 saturated carbocycles. The van der Waals surface area contributed by atoms with Gasteiger partial charge in [-0.15, -0.1) is 0 Å². The standard InChI is InChI=1S/C15H19ClN2O4/c16-13-6-3-11(7-14(13)18(21)22)9-17-8-10-1-4-12(5-2-10)15(19)20/h3,6-7,10,12,17H,1-2,4-5,8-9H2,(H,19,20). The van der Waals surface area contributed by atoms with Crippen molar-refractivity contribution < 1.29 is 20.1 Å². The number of quaternary nitrogens is 1. The minimum absolute atomic E-state index is 0.0676. The highest BCUT2D eigenvalue weighted by atomic mass is 35.5. The third-order valence-corrected chi connectivity index (χ3v) is 4.59. The van der Waals surface area contributed by atoms with Gasteiger partial charge >= 0.3 is 0 Å². The number of carbonyl (C=O) groups excluding carboxylic acids is 1. The zero-order valence-electron chi connectivity index (χ0n) is 12.2. The Morgan fingerprint density at radius 3 is 2.59 bits per heavy atom. The fourth-order valence-electron chi connectivity index (χ4n) is 2.94. The van der Waals surface area contributed by atoms with Crippen molar-refractivity contribution in [1.29, 1.82) is 0 Å². The second-order valence-corrected chi connectivity index (χ2v) is 6.22. The van der Waals surface area contributed by atoms with Gasteiger partial charge in [-0.2, -0.15) is 0 Å².